The van der Waals surface area contributed by atoms with Crippen LogP contribution in [0.1, 0.15) is 11.1 Å². The zero-order valence-corrected chi connectivity index (χ0v) is 17.0. The van der Waals surface area contributed by atoms with Crippen LogP contribution < -0.4 is 16.0 Å². The number of hydrogen-bond donors (Lipinski definition) is 3. The van der Waals surface area contributed by atoms with Crippen molar-refractivity contribution in [3.8, 4) is 11.8 Å². The highest BCUT2D eigenvalue weighted by Crippen LogP contribution is 2.31. The van der Waals surface area contributed by atoms with E-state index < -0.39 is 22.0 Å². The van der Waals surface area contributed by atoms with Gasteiger partial charge in [0.2, 0.25) is 10.0 Å². The van der Waals surface area contributed by atoms with Crippen molar-refractivity contribution in [2.75, 3.05) is 5.73 Å². The molecule has 4 N–H and O–H groups in total. The maximum Gasteiger partial charge on any atom is 0.321 e. The van der Waals surface area contributed by atoms with Gasteiger partial charge in [0.1, 0.15) is 11.8 Å². The Hall–Kier alpha value is -3.54. The number of carbonyl (C=O) groups is 1. The number of anilines is 1. The van der Waals surface area contributed by atoms with Gasteiger partial charge >= 0.3 is 6.01 Å². The number of sulfonamides is 1. The van der Waals surface area contributed by atoms with Crippen LogP contribution in [0, 0.1) is 0 Å². The summed E-state index contributed by atoms with van der Waals surface area (Å²) in [4.78, 5) is 20.1. The largest absolute Gasteiger partial charge is 0.424 e. The number of nitrogens with two attached hydrogens (primary N) is 1. The number of hydrogen-bond acceptors (Lipinski definition) is 8. The Bertz CT molecular complexity index is 1200. The molecule has 11 heteroatoms. The second kappa shape index (κ2) is 8.30. The van der Waals surface area contributed by atoms with Crippen LogP contribution in [-0.2, 0) is 27.8 Å². The third-order valence-corrected chi connectivity index (χ3v) is 6.78. The lowest BCUT2D eigenvalue weighted by molar-refractivity contribution is -0.133. The molecule has 1 atom stereocenters. The number of amides is 1. The first-order chi connectivity index (χ1) is 14.9. The van der Waals surface area contributed by atoms with Crippen molar-refractivity contribution in [1.29, 1.82) is 0 Å². The van der Waals surface area contributed by atoms with Crippen molar-refractivity contribution >= 4 is 21.6 Å². The van der Waals surface area contributed by atoms with Gasteiger partial charge in [-0.3, -0.25) is 10.0 Å². The van der Waals surface area contributed by atoms with Crippen molar-refractivity contribution in [3.63, 3.8) is 0 Å². The molecule has 1 amide bonds. The number of nitrogens with one attached hydrogen (secondary N) is 1. The average Bonchev–Trinajstić information content (AvgIpc) is 2.78. The smallest absolute Gasteiger partial charge is 0.321 e. The molecule has 0 unspecified atom stereocenters. The molecule has 0 bridgehead atoms. The van der Waals surface area contributed by atoms with Gasteiger partial charge in [-0.25, -0.2) is 23.9 Å². The molecular formula is C20H19N5O5S. The van der Waals surface area contributed by atoms with E-state index in [-0.39, 0.29) is 23.9 Å². The molecule has 0 spiro atoms. The summed E-state index contributed by atoms with van der Waals surface area (Å²) >= 11 is 0. The molecule has 1 aliphatic heterocycles. The molecule has 10 nitrogen and oxygen atoms in total. The van der Waals surface area contributed by atoms with E-state index in [2.05, 4.69) is 9.97 Å². The fourth-order valence-corrected chi connectivity index (χ4v) is 4.95. The van der Waals surface area contributed by atoms with E-state index in [0.29, 0.717) is 17.0 Å². The molecular weight excluding hydrogens is 422 g/mol. The normalized spacial score (nSPS) is 16.4. The topological polar surface area (TPSA) is 148 Å². The van der Waals surface area contributed by atoms with Gasteiger partial charge < -0.3 is 10.5 Å². The number of aromatic nitrogens is 2. The van der Waals surface area contributed by atoms with E-state index in [9.17, 15) is 13.2 Å². The summed E-state index contributed by atoms with van der Waals surface area (Å²) in [6.45, 7) is -0.0586. The van der Waals surface area contributed by atoms with E-state index in [0.717, 1.165) is 9.87 Å². The Morgan fingerprint density at radius 3 is 2.52 bits per heavy atom. The highest BCUT2D eigenvalue weighted by atomic mass is 32.2. The van der Waals surface area contributed by atoms with Crippen LogP contribution in [0.2, 0.25) is 0 Å². The number of carbonyl (C=O) groups excluding carboxylic acids is 1. The maximum atomic E-state index is 13.3. The van der Waals surface area contributed by atoms with Gasteiger partial charge in [0, 0.05) is 24.6 Å². The molecule has 160 valence electrons. The molecule has 0 aliphatic carbocycles. The van der Waals surface area contributed by atoms with Crippen molar-refractivity contribution in [2.45, 2.75) is 23.9 Å². The number of hydroxylamine groups is 1. The quantitative estimate of drug-likeness (QED) is 0.306. The number of fused-ring (bicyclic) bond motifs is 1. The van der Waals surface area contributed by atoms with Crippen LogP contribution in [0.4, 0.5) is 5.69 Å². The molecule has 1 aromatic heterocycles. The predicted octanol–water partition coefficient (Wildman–Crippen LogP) is 1.47. The monoisotopic (exact) mass is 441 g/mol. The predicted molar refractivity (Wildman–Crippen MR) is 110 cm³/mol. The number of nitrogens with zero attached hydrogens (tertiary/aromatic N) is 3. The Labute approximate surface area is 178 Å². The van der Waals surface area contributed by atoms with Gasteiger partial charge in [-0.15, -0.1) is 0 Å². The fourth-order valence-electron chi connectivity index (χ4n) is 3.39. The van der Waals surface area contributed by atoms with Crippen LogP contribution in [-0.4, -0.2) is 39.8 Å². The van der Waals surface area contributed by atoms with Gasteiger partial charge in [0.15, 0.2) is 0 Å². The number of nitrogen functional groups attached to an aromatic ring is 1. The number of rotatable bonds is 5. The molecule has 31 heavy (non-hydrogen) atoms. The summed E-state index contributed by atoms with van der Waals surface area (Å²) in [7, 11) is -4.08. The zero-order chi connectivity index (χ0) is 22.0. The Morgan fingerprint density at radius 2 is 1.84 bits per heavy atom. The number of benzene rings is 2. The van der Waals surface area contributed by atoms with Crippen LogP contribution in [0.25, 0.3) is 0 Å². The Balaban J connectivity index is 1.64. The lowest BCUT2D eigenvalue weighted by Crippen LogP contribution is -2.51. The van der Waals surface area contributed by atoms with Crippen LogP contribution in [0.3, 0.4) is 0 Å². The second-order valence-electron chi connectivity index (χ2n) is 6.88. The van der Waals surface area contributed by atoms with Crippen molar-refractivity contribution in [1.82, 2.24) is 19.8 Å². The minimum absolute atomic E-state index is 0.0306. The third kappa shape index (κ3) is 4.19. The Morgan fingerprint density at radius 1 is 1.13 bits per heavy atom. The lowest BCUT2D eigenvalue weighted by Gasteiger charge is -2.34. The van der Waals surface area contributed by atoms with Gasteiger partial charge in [-0.1, -0.05) is 6.07 Å². The third-order valence-electron chi connectivity index (χ3n) is 4.91. The maximum absolute atomic E-state index is 13.3. The standard InChI is InChI=1S/C20H19N5O5S/c21-15-3-2-13-11-18(19(26)24-27)25(12-14(13)10-15)31(28,29)17-6-4-16(5-7-17)30-20-22-8-1-9-23-20/h1-10,18,27H,11-12,21H2,(H,24,26)/t18-/m1/s1. The minimum Gasteiger partial charge on any atom is -0.424 e. The highest BCUT2D eigenvalue weighted by molar-refractivity contribution is 7.89. The fraction of sp³-hybridized carbons (Fsp3) is 0.150. The van der Waals surface area contributed by atoms with E-state index >= 15 is 0 Å². The first-order valence-electron chi connectivity index (χ1n) is 9.26. The van der Waals surface area contributed by atoms with Crippen molar-refractivity contribution in [2.24, 2.45) is 0 Å². The number of ether oxygens (including phenoxy) is 1. The van der Waals surface area contributed by atoms with E-state index in [1.807, 2.05) is 0 Å². The van der Waals surface area contributed by atoms with E-state index in [1.54, 1.807) is 29.7 Å². The highest BCUT2D eigenvalue weighted by Gasteiger charge is 2.39. The first-order valence-corrected chi connectivity index (χ1v) is 10.7. The average molecular weight is 441 g/mol. The molecule has 0 saturated heterocycles. The molecule has 0 radical (unpaired) electrons. The van der Waals surface area contributed by atoms with Crippen molar-refractivity contribution < 1.29 is 23.2 Å². The summed E-state index contributed by atoms with van der Waals surface area (Å²) < 4.78 is 33.2. The van der Waals surface area contributed by atoms with Crippen LogP contribution >= 0.6 is 0 Å². The van der Waals surface area contributed by atoms with E-state index in [1.165, 1.54) is 36.7 Å². The summed E-state index contributed by atoms with van der Waals surface area (Å²) in [5.74, 6) is -0.459. The lowest BCUT2D eigenvalue weighted by atomic mass is 9.95. The van der Waals surface area contributed by atoms with Crippen molar-refractivity contribution in [3.05, 3.63) is 72.1 Å². The van der Waals surface area contributed by atoms with Gasteiger partial charge in [0.25, 0.3) is 5.91 Å². The second-order valence-corrected chi connectivity index (χ2v) is 8.77. The molecule has 1 aliphatic rings. The zero-order valence-electron chi connectivity index (χ0n) is 16.2. The van der Waals surface area contributed by atoms with Crippen LogP contribution in [0.5, 0.6) is 11.8 Å². The molecule has 4 rings (SSSR count). The van der Waals surface area contributed by atoms with Gasteiger partial charge in [-0.05, 0) is 60.0 Å². The summed E-state index contributed by atoms with van der Waals surface area (Å²) in [5, 5.41) is 9.14. The minimum atomic E-state index is -4.08. The molecule has 3 aromatic rings. The Kier molecular flexibility index (Phi) is 5.55. The summed E-state index contributed by atoms with van der Waals surface area (Å²) in [6, 6.07) is 11.5. The SMILES string of the molecule is Nc1ccc2c(c1)CN(S(=O)(=O)c1ccc(Oc3ncccn3)cc1)[C@@H](C(=O)NO)C2. The first kappa shape index (κ1) is 20.7. The molecule has 0 fully saturated rings. The van der Waals surface area contributed by atoms with E-state index in [4.69, 9.17) is 15.7 Å². The van der Waals surface area contributed by atoms with Crippen LogP contribution in [0.15, 0.2) is 65.8 Å². The molecule has 2 heterocycles. The summed E-state index contributed by atoms with van der Waals surface area (Å²) in [6.07, 6.45) is 3.15. The summed E-state index contributed by atoms with van der Waals surface area (Å²) in [5.41, 5.74) is 9.38. The molecule has 2 aromatic carbocycles. The van der Waals surface area contributed by atoms with Gasteiger partial charge in [-0.2, -0.15) is 4.31 Å². The molecule has 0 saturated carbocycles. The van der Waals surface area contributed by atoms with Gasteiger partial charge in [0.05, 0.1) is 4.90 Å².